The first-order valence-corrected chi connectivity index (χ1v) is 6.93. The number of rotatable bonds is 4. The van der Waals surface area contributed by atoms with Gasteiger partial charge in [-0.05, 0) is 24.3 Å². The quantitative estimate of drug-likeness (QED) is 0.590. The molecule has 2 aromatic carbocycles. The molecule has 0 bridgehead atoms. The fourth-order valence-electron chi connectivity index (χ4n) is 1.64. The van der Waals surface area contributed by atoms with Crippen LogP contribution in [0.15, 0.2) is 40.9 Å². The van der Waals surface area contributed by atoms with Crippen LogP contribution in [0.2, 0.25) is 5.02 Å². The Balaban J connectivity index is 2.21. The minimum Gasteiger partial charge on any atom is -0.482 e. The molecule has 0 heterocycles. The monoisotopic (exact) mass is 366 g/mol. The zero-order valence-corrected chi connectivity index (χ0v) is 12.9. The molecule has 5 nitrogen and oxygen atoms in total. The van der Waals surface area contributed by atoms with E-state index in [0.717, 1.165) is 0 Å². The van der Waals surface area contributed by atoms with Gasteiger partial charge in [-0.15, -0.1) is 0 Å². The van der Waals surface area contributed by atoms with E-state index < -0.39 is 4.92 Å². The van der Waals surface area contributed by atoms with E-state index in [1.807, 2.05) is 6.07 Å². The number of benzene rings is 2. The SMILES string of the molecule is N#Cc1ccc(COc2ccc(Br)cc2[N+](=O)[O-])c(Cl)c1. The predicted molar refractivity (Wildman–Crippen MR) is 81.3 cm³/mol. The number of halogens is 2. The highest BCUT2D eigenvalue weighted by Gasteiger charge is 2.16. The number of nitro benzene ring substituents is 1. The number of hydrogen-bond donors (Lipinski definition) is 0. The van der Waals surface area contributed by atoms with Gasteiger partial charge < -0.3 is 4.74 Å². The molecule has 106 valence electrons. The smallest absolute Gasteiger partial charge is 0.312 e. The first-order valence-electron chi connectivity index (χ1n) is 5.76. The molecule has 0 aliphatic heterocycles. The number of ether oxygens (including phenoxy) is 1. The second-order valence-electron chi connectivity index (χ2n) is 4.08. The number of hydrogen-bond acceptors (Lipinski definition) is 4. The molecule has 0 radical (unpaired) electrons. The van der Waals surface area contributed by atoms with Crippen molar-refractivity contribution in [3.8, 4) is 11.8 Å². The van der Waals surface area contributed by atoms with Crippen LogP contribution in [-0.2, 0) is 6.61 Å². The van der Waals surface area contributed by atoms with Crippen LogP contribution in [-0.4, -0.2) is 4.92 Å². The summed E-state index contributed by atoms with van der Waals surface area (Å²) in [5.41, 5.74) is 0.959. The minimum absolute atomic E-state index is 0.0764. The van der Waals surface area contributed by atoms with Crippen molar-refractivity contribution in [3.63, 3.8) is 0 Å². The summed E-state index contributed by atoms with van der Waals surface area (Å²) >= 11 is 9.21. The maximum atomic E-state index is 11.0. The molecule has 0 fully saturated rings. The van der Waals surface area contributed by atoms with Crippen molar-refractivity contribution >= 4 is 33.2 Å². The minimum atomic E-state index is -0.513. The lowest BCUT2D eigenvalue weighted by Gasteiger charge is -2.08. The van der Waals surface area contributed by atoms with Crippen LogP contribution in [0.1, 0.15) is 11.1 Å². The highest BCUT2D eigenvalue weighted by molar-refractivity contribution is 9.10. The van der Waals surface area contributed by atoms with Gasteiger partial charge in [-0.2, -0.15) is 5.26 Å². The zero-order chi connectivity index (χ0) is 15.4. The Hall–Kier alpha value is -2.10. The van der Waals surface area contributed by atoms with Crippen molar-refractivity contribution in [1.82, 2.24) is 0 Å². The fraction of sp³-hybridized carbons (Fsp3) is 0.0714. The van der Waals surface area contributed by atoms with E-state index in [9.17, 15) is 10.1 Å². The Labute approximate surface area is 134 Å². The summed E-state index contributed by atoms with van der Waals surface area (Å²) in [5.74, 6) is 0.156. The van der Waals surface area contributed by atoms with Gasteiger partial charge in [0, 0.05) is 21.1 Å². The summed E-state index contributed by atoms with van der Waals surface area (Å²) < 4.78 is 6.06. The summed E-state index contributed by atoms with van der Waals surface area (Å²) in [5, 5.41) is 20.1. The van der Waals surface area contributed by atoms with Gasteiger partial charge in [-0.1, -0.05) is 33.6 Å². The molecule has 0 aliphatic rings. The standard InChI is InChI=1S/C14H8BrClN2O3/c15-11-3-4-14(13(6-11)18(19)20)21-8-10-2-1-9(7-17)5-12(10)16/h1-6H,8H2. The van der Waals surface area contributed by atoms with Crippen molar-refractivity contribution in [2.45, 2.75) is 6.61 Å². The normalized spacial score (nSPS) is 9.95. The molecule has 0 amide bonds. The molecule has 0 aliphatic carbocycles. The molecule has 7 heteroatoms. The molecule has 0 N–H and O–H groups in total. The number of nitrogens with zero attached hydrogens (tertiary/aromatic N) is 2. The fourth-order valence-corrected chi connectivity index (χ4v) is 2.23. The lowest BCUT2D eigenvalue weighted by atomic mass is 10.1. The van der Waals surface area contributed by atoms with Crippen LogP contribution in [0, 0.1) is 21.4 Å². The van der Waals surface area contributed by atoms with Crippen molar-refractivity contribution in [3.05, 3.63) is 67.1 Å². The second kappa shape index (κ2) is 6.57. The molecular weight excluding hydrogens is 360 g/mol. The van der Waals surface area contributed by atoms with Gasteiger partial charge in [0.15, 0.2) is 5.75 Å². The molecule has 2 aromatic rings. The van der Waals surface area contributed by atoms with Gasteiger partial charge in [-0.25, -0.2) is 0 Å². The second-order valence-corrected chi connectivity index (χ2v) is 5.40. The zero-order valence-electron chi connectivity index (χ0n) is 10.5. The van der Waals surface area contributed by atoms with E-state index in [1.165, 1.54) is 18.2 Å². The average molecular weight is 368 g/mol. The molecule has 0 saturated heterocycles. The maximum absolute atomic E-state index is 11.0. The topological polar surface area (TPSA) is 76.2 Å². The molecule has 0 unspecified atom stereocenters. The third-order valence-electron chi connectivity index (χ3n) is 2.68. The van der Waals surface area contributed by atoms with E-state index in [1.54, 1.807) is 18.2 Å². The van der Waals surface area contributed by atoms with E-state index in [0.29, 0.717) is 20.6 Å². The lowest BCUT2D eigenvalue weighted by molar-refractivity contribution is -0.386. The van der Waals surface area contributed by atoms with Crippen LogP contribution in [0.3, 0.4) is 0 Å². The summed E-state index contributed by atoms with van der Waals surface area (Å²) in [6, 6.07) is 11.3. The molecule has 2 rings (SSSR count). The van der Waals surface area contributed by atoms with Crippen molar-refractivity contribution in [1.29, 1.82) is 5.26 Å². The molecule has 0 spiro atoms. The van der Waals surface area contributed by atoms with Gasteiger partial charge in [0.1, 0.15) is 6.61 Å². The Kier molecular flexibility index (Phi) is 4.78. The average Bonchev–Trinajstić information content (AvgIpc) is 2.46. The van der Waals surface area contributed by atoms with Crippen molar-refractivity contribution < 1.29 is 9.66 Å². The van der Waals surface area contributed by atoms with Gasteiger partial charge in [0.05, 0.1) is 16.6 Å². The summed E-state index contributed by atoms with van der Waals surface area (Å²) in [6.07, 6.45) is 0. The Morgan fingerprint density at radius 2 is 2.10 bits per heavy atom. The Morgan fingerprint density at radius 1 is 1.33 bits per heavy atom. The first kappa shape index (κ1) is 15.3. The highest BCUT2D eigenvalue weighted by Crippen LogP contribution is 2.31. The Bertz CT molecular complexity index is 743. The summed E-state index contributed by atoms with van der Waals surface area (Å²) in [7, 11) is 0. The van der Waals surface area contributed by atoms with Gasteiger partial charge in [-0.3, -0.25) is 10.1 Å². The third-order valence-corrected chi connectivity index (χ3v) is 3.53. The van der Waals surface area contributed by atoms with Crippen LogP contribution < -0.4 is 4.74 Å². The third kappa shape index (κ3) is 3.72. The van der Waals surface area contributed by atoms with Crippen LogP contribution >= 0.6 is 27.5 Å². The van der Waals surface area contributed by atoms with Crippen LogP contribution in [0.25, 0.3) is 0 Å². The van der Waals surface area contributed by atoms with Crippen molar-refractivity contribution in [2.75, 3.05) is 0 Å². The molecular formula is C14H8BrClN2O3. The molecule has 0 saturated carbocycles. The molecule has 21 heavy (non-hydrogen) atoms. The lowest BCUT2D eigenvalue weighted by Crippen LogP contribution is -2.00. The van der Waals surface area contributed by atoms with Crippen LogP contribution in [0.4, 0.5) is 5.69 Å². The van der Waals surface area contributed by atoms with Crippen LogP contribution in [0.5, 0.6) is 5.75 Å². The van der Waals surface area contributed by atoms with Gasteiger partial charge >= 0.3 is 5.69 Å². The van der Waals surface area contributed by atoms with E-state index in [2.05, 4.69) is 15.9 Å². The predicted octanol–water partition coefficient (Wildman–Crippen LogP) is 4.46. The highest BCUT2D eigenvalue weighted by atomic mass is 79.9. The molecule has 0 aromatic heterocycles. The largest absolute Gasteiger partial charge is 0.482 e. The maximum Gasteiger partial charge on any atom is 0.312 e. The van der Waals surface area contributed by atoms with E-state index in [4.69, 9.17) is 21.6 Å². The number of nitriles is 1. The Morgan fingerprint density at radius 3 is 2.71 bits per heavy atom. The van der Waals surface area contributed by atoms with E-state index >= 15 is 0 Å². The first-order chi connectivity index (χ1) is 10.0. The van der Waals surface area contributed by atoms with E-state index in [-0.39, 0.29) is 18.0 Å². The summed E-state index contributed by atoms with van der Waals surface area (Å²) in [4.78, 5) is 10.5. The number of nitro groups is 1. The van der Waals surface area contributed by atoms with Crippen molar-refractivity contribution in [2.24, 2.45) is 0 Å². The van der Waals surface area contributed by atoms with Gasteiger partial charge in [0.2, 0.25) is 0 Å². The summed E-state index contributed by atoms with van der Waals surface area (Å²) in [6.45, 7) is 0.0764. The van der Waals surface area contributed by atoms with Gasteiger partial charge in [0.25, 0.3) is 0 Å². The molecule has 0 atom stereocenters.